The van der Waals surface area contributed by atoms with Crippen LogP contribution in [0.5, 0.6) is 0 Å². The Kier molecular flexibility index (Phi) is 2.62. The number of ether oxygens (including phenoxy) is 2. The summed E-state index contributed by atoms with van der Waals surface area (Å²) < 4.78 is 10.6. The maximum Gasteiger partial charge on any atom is 0.147 e. The molecule has 0 spiro atoms. The van der Waals surface area contributed by atoms with E-state index in [9.17, 15) is 0 Å². The summed E-state index contributed by atoms with van der Waals surface area (Å²) in [6.07, 6.45) is 1.19. The molecule has 0 amide bonds. The molecular weight excluding hydrogens is 164 g/mol. The van der Waals surface area contributed by atoms with Crippen molar-refractivity contribution in [3.8, 4) is 0 Å². The summed E-state index contributed by atoms with van der Waals surface area (Å²) in [5, 5.41) is 0. The molecule has 1 saturated heterocycles. The molecule has 0 bridgehead atoms. The van der Waals surface area contributed by atoms with Crippen LogP contribution in [0.1, 0.15) is 23.7 Å². The highest BCUT2D eigenvalue weighted by molar-refractivity contribution is 5.23. The highest BCUT2D eigenvalue weighted by Gasteiger charge is 2.15. The van der Waals surface area contributed by atoms with Gasteiger partial charge in [-0.3, -0.25) is 0 Å². The summed E-state index contributed by atoms with van der Waals surface area (Å²) in [6, 6.07) is 8.50. The Morgan fingerprint density at radius 1 is 1.23 bits per heavy atom. The summed E-state index contributed by atoms with van der Waals surface area (Å²) in [6.45, 7) is 3.33. The van der Waals surface area contributed by atoms with Crippen LogP contribution in [0.25, 0.3) is 0 Å². The van der Waals surface area contributed by atoms with E-state index < -0.39 is 0 Å². The minimum Gasteiger partial charge on any atom is -0.355 e. The highest BCUT2D eigenvalue weighted by Crippen LogP contribution is 2.24. The van der Waals surface area contributed by atoms with E-state index in [-0.39, 0.29) is 6.10 Å². The minimum atomic E-state index is 0.231. The lowest BCUT2D eigenvalue weighted by molar-refractivity contribution is -0.140. The molecule has 2 heteroatoms. The Bertz CT molecular complexity index is 260. The first-order valence-corrected chi connectivity index (χ1v) is 4.62. The fourth-order valence-corrected chi connectivity index (χ4v) is 1.51. The third-order valence-corrected chi connectivity index (χ3v) is 2.33. The first-order valence-electron chi connectivity index (χ1n) is 4.62. The second-order valence-corrected chi connectivity index (χ2v) is 3.38. The van der Waals surface area contributed by atoms with Crippen molar-refractivity contribution in [1.29, 1.82) is 0 Å². The maximum atomic E-state index is 5.48. The summed E-state index contributed by atoms with van der Waals surface area (Å²) in [5.41, 5.74) is 2.55. The molecule has 1 atom stereocenters. The lowest BCUT2D eigenvalue weighted by Gasteiger charge is -2.23. The van der Waals surface area contributed by atoms with Gasteiger partial charge in [-0.1, -0.05) is 29.8 Å². The number of benzene rings is 1. The number of aryl methyl sites for hydroxylation is 1. The van der Waals surface area contributed by atoms with Crippen molar-refractivity contribution in [2.24, 2.45) is 0 Å². The molecule has 1 aliphatic rings. The average Bonchev–Trinajstić information content (AvgIpc) is 2.20. The number of hydrogen-bond donors (Lipinski definition) is 0. The Hall–Kier alpha value is -0.860. The SMILES string of the molecule is Cc1ccc(C2CCOCO2)cc1. The van der Waals surface area contributed by atoms with Gasteiger partial charge in [0.2, 0.25) is 0 Å². The van der Waals surface area contributed by atoms with Gasteiger partial charge in [0.1, 0.15) is 6.79 Å². The van der Waals surface area contributed by atoms with E-state index in [1.807, 2.05) is 0 Å². The zero-order chi connectivity index (χ0) is 9.10. The molecule has 1 fully saturated rings. The second kappa shape index (κ2) is 3.90. The van der Waals surface area contributed by atoms with E-state index in [2.05, 4.69) is 31.2 Å². The maximum absolute atomic E-state index is 5.48. The largest absolute Gasteiger partial charge is 0.355 e. The standard InChI is InChI=1S/C11H14O2/c1-9-2-4-10(5-3-9)11-6-7-12-8-13-11/h2-5,11H,6-8H2,1H3. The van der Waals surface area contributed by atoms with Crippen molar-refractivity contribution in [1.82, 2.24) is 0 Å². The molecule has 2 nitrogen and oxygen atoms in total. The van der Waals surface area contributed by atoms with Crippen LogP contribution in [-0.2, 0) is 9.47 Å². The monoisotopic (exact) mass is 178 g/mol. The van der Waals surface area contributed by atoms with Gasteiger partial charge in [-0.25, -0.2) is 0 Å². The Morgan fingerprint density at radius 2 is 2.00 bits per heavy atom. The molecule has 70 valence electrons. The van der Waals surface area contributed by atoms with Crippen LogP contribution in [0.3, 0.4) is 0 Å². The molecule has 0 aliphatic carbocycles. The van der Waals surface area contributed by atoms with Gasteiger partial charge in [0, 0.05) is 6.42 Å². The molecule has 1 heterocycles. The van der Waals surface area contributed by atoms with Crippen LogP contribution in [-0.4, -0.2) is 13.4 Å². The van der Waals surface area contributed by atoms with Gasteiger partial charge in [0.15, 0.2) is 0 Å². The zero-order valence-corrected chi connectivity index (χ0v) is 7.82. The Morgan fingerprint density at radius 3 is 2.62 bits per heavy atom. The first kappa shape index (κ1) is 8.73. The minimum absolute atomic E-state index is 0.231. The molecule has 1 unspecified atom stereocenters. The van der Waals surface area contributed by atoms with Gasteiger partial charge in [-0.15, -0.1) is 0 Å². The van der Waals surface area contributed by atoms with Crippen molar-refractivity contribution >= 4 is 0 Å². The highest BCUT2D eigenvalue weighted by atomic mass is 16.7. The molecular formula is C11H14O2. The fourth-order valence-electron chi connectivity index (χ4n) is 1.51. The van der Waals surface area contributed by atoms with Crippen LogP contribution >= 0.6 is 0 Å². The molecule has 0 aromatic heterocycles. The smallest absolute Gasteiger partial charge is 0.147 e. The van der Waals surface area contributed by atoms with E-state index >= 15 is 0 Å². The summed E-state index contributed by atoms with van der Waals surface area (Å²) in [4.78, 5) is 0. The van der Waals surface area contributed by atoms with Crippen molar-refractivity contribution in [2.45, 2.75) is 19.4 Å². The summed E-state index contributed by atoms with van der Waals surface area (Å²) >= 11 is 0. The molecule has 1 aromatic carbocycles. The quantitative estimate of drug-likeness (QED) is 0.657. The van der Waals surface area contributed by atoms with Gasteiger partial charge in [0.05, 0.1) is 12.7 Å². The zero-order valence-electron chi connectivity index (χ0n) is 7.82. The normalized spacial score (nSPS) is 23.0. The third kappa shape index (κ3) is 2.08. The number of hydrogen-bond acceptors (Lipinski definition) is 2. The third-order valence-electron chi connectivity index (χ3n) is 2.33. The van der Waals surface area contributed by atoms with Gasteiger partial charge in [-0.2, -0.15) is 0 Å². The number of rotatable bonds is 1. The van der Waals surface area contributed by atoms with E-state index in [1.165, 1.54) is 11.1 Å². The Labute approximate surface area is 78.5 Å². The molecule has 0 radical (unpaired) electrons. The molecule has 1 aliphatic heterocycles. The van der Waals surface area contributed by atoms with Gasteiger partial charge in [-0.05, 0) is 12.5 Å². The van der Waals surface area contributed by atoms with E-state index in [0.717, 1.165) is 13.0 Å². The summed E-state index contributed by atoms with van der Waals surface area (Å²) in [5.74, 6) is 0. The molecule has 13 heavy (non-hydrogen) atoms. The predicted molar refractivity (Wildman–Crippen MR) is 50.4 cm³/mol. The van der Waals surface area contributed by atoms with E-state index in [4.69, 9.17) is 9.47 Å². The van der Waals surface area contributed by atoms with Crippen molar-refractivity contribution < 1.29 is 9.47 Å². The first-order chi connectivity index (χ1) is 6.36. The lowest BCUT2D eigenvalue weighted by atomic mass is 10.1. The van der Waals surface area contributed by atoms with Crippen LogP contribution in [0.4, 0.5) is 0 Å². The fraction of sp³-hybridized carbons (Fsp3) is 0.455. The van der Waals surface area contributed by atoms with Crippen LogP contribution in [0, 0.1) is 6.92 Å². The van der Waals surface area contributed by atoms with Crippen LogP contribution in [0.15, 0.2) is 24.3 Å². The average molecular weight is 178 g/mol. The predicted octanol–water partition coefficient (Wildman–Crippen LogP) is 2.43. The van der Waals surface area contributed by atoms with E-state index in [0.29, 0.717) is 6.79 Å². The molecule has 0 saturated carbocycles. The summed E-state index contributed by atoms with van der Waals surface area (Å²) in [7, 11) is 0. The molecule has 1 aromatic rings. The van der Waals surface area contributed by atoms with E-state index in [1.54, 1.807) is 0 Å². The topological polar surface area (TPSA) is 18.5 Å². The Balaban J connectivity index is 2.10. The van der Waals surface area contributed by atoms with Crippen LogP contribution in [0.2, 0.25) is 0 Å². The lowest BCUT2D eigenvalue weighted by Crippen LogP contribution is -2.16. The van der Waals surface area contributed by atoms with Crippen molar-refractivity contribution in [3.63, 3.8) is 0 Å². The van der Waals surface area contributed by atoms with Crippen molar-refractivity contribution in [3.05, 3.63) is 35.4 Å². The van der Waals surface area contributed by atoms with Crippen molar-refractivity contribution in [2.75, 3.05) is 13.4 Å². The van der Waals surface area contributed by atoms with Crippen LogP contribution < -0.4 is 0 Å². The van der Waals surface area contributed by atoms with Gasteiger partial charge < -0.3 is 9.47 Å². The second-order valence-electron chi connectivity index (χ2n) is 3.38. The van der Waals surface area contributed by atoms with Gasteiger partial charge in [0.25, 0.3) is 0 Å². The molecule has 2 rings (SSSR count). The van der Waals surface area contributed by atoms with Gasteiger partial charge >= 0.3 is 0 Å². The molecule has 0 N–H and O–H groups in total.